The van der Waals surface area contributed by atoms with Crippen LogP contribution in [0.5, 0.6) is 0 Å². The van der Waals surface area contributed by atoms with E-state index in [4.69, 9.17) is 0 Å². The molecule has 150 valence electrons. The Balaban J connectivity index is 1.45. The SMILES string of the molecule is C[C@H]1CCc2c(sc3ncnc(S[C@H](C)C(=O)NC(=O)NC4CCCC4)c23)C1. The molecule has 2 heterocycles. The number of fused-ring (bicyclic) bond motifs is 3. The molecule has 0 spiro atoms. The van der Waals surface area contributed by atoms with Crippen molar-refractivity contribution < 1.29 is 9.59 Å². The van der Waals surface area contributed by atoms with Gasteiger partial charge in [-0.3, -0.25) is 10.1 Å². The fourth-order valence-corrected chi connectivity index (χ4v) is 6.42. The van der Waals surface area contributed by atoms with Crippen molar-refractivity contribution in [3.63, 3.8) is 0 Å². The minimum absolute atomic E-state index is 0.192. The summed E-state index contributed by atoms with van der Waals surface area (Å²) in [5, 5.41) is 6.92. The second-order valence-electron chi connectivity index (χ2n) is 7.91. The lowest BCUT2D eigenvalue weighted by molar-refractivity contribution is -0.119. The van der Waals surface area contributed by atoms with Crippen molar-refractivity contribution >= 4 is 45.3 Å². The molecule has 0 aliphatic heterocycles. The van der Waals surface area contributed by atoms with Gasteiger partial charge in [0.2, 0.25) is 5.91 Å². The number of imide groups is 1. The molecule has 2 aliphatic rings. The van der Waals surface area contributed by atoms with Crippen molar-refractivity contribution in [2.75, 3.05) is 0 Å². The van der Waals surface area contributed by atoms with E-state index in [1.54, 1.807) is 17.7 Å². The number of rotatable bonds is 4. The number of carbonyl (C=O) groups excluding carboxylic acids is 2. The molecule has 0 unspecified atom stereocenters. The summed E-state index contributed by atoms with van der Waals surface area (Å²) in [5.74, 6) is 0.415. The van der Waals surface area contributed by atoms with E-state index in [0.717, 1.165) is 53.8 Å². The number of hydrogen-bond donors (Lipinski definition) is 2. The predicted molar refractivity (Wildman–Crippen MR) is 113 cm³/mol. The van der Waals surface area contributed by atoms with E-state index in [0.29, 0.717) is 5.92 Å². The Labute approximate surface area is 173 Å². The number of nitrogens with one attached hydrogen (secondary N) is 2. The van der Waals surface area contributed by atoms with Gasteiger partial charge in [0.25, 0.3) is 0 Å². The minimum Gasteiger partial charge on any atom is -0.335 e. The second-order valence-corrected chi connectivity index (χ2v) is 10.3. The summed E-state index contributed by atoms with van der Waals surface area (Å²) in [7, 11) is 0. The van der Waals surface area contributed by atoms with E-state index in [1.807, 2.05) is 6.92 Å². The zero-order valence-corrected chi connectivity index (χ0v) is 17.9. The van der Waals surface area contributed by atoms with Gasteiger partial charge in [-0.05, 0) is 50.5 Å². The smallest absolute Gasteiger partial charge is 0.321 e. The Kier molecular flexibility index (Phi) is 5.87. The lowest BCUT2D eigenvalue weighted by Crippen LogP contribution is -2.45. The average molecular weight is 419 g/mol. The number of aromatic nitrogens is 2. The number of thiophene rings is 1. The van der Waals surface area contributed by atoms with Crippen LogP contribution in [-0.2, 0) is 17.6 Å². The fraction of sp³-hybridized carbons (Fsp3) is 0.600. The molecule has 2 aliphatic carbocycles. The van der Waals surface area contributed by atoms with Crippen LogP contribution >= 0.6 is 23.1 Å². The molecular weight excluding hydrogens is 392 g/mol. The van der Waals surface area contributed by atoms with Gasteiger partial charge in [-0.15, -0.1) is 11.3 Å². The first kappa shape index (κ1) is 19.6. The van der Waals surface area contributed by atoms with Gasteiger partial charge in [0.15, 0.2) is 0 Å². The fourth-order valence-electron chi connectivity index (χ4n) is 4.06. The Morgan fingerprint density at radius 2 is 2.04 bits per heavy atom. The number of urea groups is 1. The van der Waals surface area contributed by atoms with Gasteiger partial charge in [0.1, 0.15) is 16.2 Å². The van der Waals surface area contributed by atoms with Gasteiger partial charge >= 0.3 is 6.03 Å². The van der Waals surface area contributed by atoms with Gasteiger partial charge in [-0.25, -0.2) is 14.8 Å². The van der Waals surface area contributed by atoms with Gasteiger partial charge in [-0.1, -0.05) is 31.5 Å². The predicted octanol–water partition coefficient (Wildman–Crippen LogP) is 4.07. The van der Waals surface area contributed by atoms with Crippen LogP contribution in [0.15, 0.2) is 11.4 Å². The van der Waals surface area contributed by atoms with Gasteiger partial charge < -0.3 is 5.32 Å². The van der Waals surface area contributed by atoms with E-state index in [1.165, 1.54) is 28.6 Å². The molecule has 0 saturated heterocycles. The molecule has 28 heavy (non-hydrogen) atoms. The summed E-state index contributed by atoms with van der Waals surface area (Å²) < 4.78 is 0. The number of thioether (sulfide) groups is 1. The molecule has 3 amide bonds. The summed E-state index contributed by atoms with van der Waals surface area (Å²) >= 11 is 3.16. The van der Waals surface area contributed by atoms with Crippen LogP contribution in [-0.4, -0.2) is 33.2 Å². The molecule has 2 aromatic heterocycles. The third kappa shape index (κ3) is 4.17. The zero-order valence-electron chi connectivity index (χ0n) is 16.3. The van der Waals surface area contributed by atoms with Crippen LogP contribution in [0.25, 0.3) is 10.2 Å². The lowest BCUT2D eigenvalue weighted by Gasteiger charge is -2.18. The summed E-state index contributed by atoms with van der Waals surface area (Å²) in [4.78, 5) is 35.9. The molecule has 2 atom stereocenters. The lowest BCUT2D eigenvalue weighted by atomic mass is 9.89. The number of carbonyl (C=O) groups is 2. The molecular formula is C20H26N4O2S2. The molecule has 0 aromatic carbocycles. The molecule has 4 rings (SSSR count). The standard InChI is InChI=1S/C20H26N4O2S2/c1-11-7-8-14-15(9-11)28-19-16(14)18(21-10-22-19)27-12(2)17(25)24-20(26)23-13-5-3-4-6-13/h10-13H,3-9H2,1-2H3,(H2,23,24,25,26)/t11-,12+/m0/s1. The molecule has 2 N–H and O–H groups in total. The van der Waals surface area contributed by atoms with E-state index >= 15 is 0 Å². The number of amides is 3. The summed E-state index contributed by atoms with van der Waals surface area (Å²) in [6.45, 7) is 4.11. The highest BCUT2D eigenvalue weighted by Gasteiger charge is 2.26. The van der Waals surface area contributed by atoms with Crippen LogP contribution in [0.1, 0.15) is 56.4 Å². The first-order valence-electron chi connectivity index (χ1n) is 10.0. The maximum Gasteiger partial charge on any atom is 0.321 e. The van der Waals surface area contributed by atoms with Gasteiger partial charge in [0.05, 0.1) is 5.25 Å². The highest BCUT2D eigenvalue weighted by molar-refractivity contribution is 8.00. The highest BCUT2D eigenvalue weighted by atomic mass is 32.2. The molecule has 2 aromatic rings. The third-order valence-electron chi connectivity index (χ3n) is 5.64. The Morgan fingerprint density at radius 1 is 1.25 bits per heavy atom. The Morgan fingerprint density at radius 3 is 2.82 bits per heavy atom. The number of nitrogens with zero attached hydrogens (tertiary/aromatic N) is 2. The number of aryl methyl sites for hydroxylation is 1. The summed E-state index contributed by atoms with van der Waals surface area (Å²) in [6, 6.07) is -0.198. The monoisotopic (exact) mass is 418 g/mol. The quantitative estimate of drug-likeness (QED) is 0.578. The maximum absolute atomic E-state index is 12.5. The Hall–Kier alpha value is -1.67. The second kappa shape index (κ2) is 8.37. The number of hydrogen-bond acceptors (Lipinski definition) is 6. The Bertz CT molecular complexity index is 892. The first-order chi connectivity index (χ1) is 13.5. The van der Waals surface area contributed by atoms with Crippen molar-refractivity contribution in [2.24, 2.45) is 5.92 Å². The summed E-state index contributed by atoms with van der Waals surface area (Å²) in [5.41, 5.74) is 1.35. The zero-order chi connectivity index (χ0) is 19.7. The molecule has 8 heteroatoms. The molecule has 1 fully saturated rings. The highest BCUT2D eigenvalue weighted by Crippen LogP contribution is 2.41. The van der Waals surface area contributed by atoms with Crippen molar-refractivity contribution in [1.82, 2.24) is 20.6 Å². The van der Waals surface area contributed by atoms with Crippen LogP contribution in [0.4, 0.5) is 4.79 Å². The van der Waals surface area contributed by atoms with Crippen molar-refractivity contribution in [1.29, 1.82) is 0 Å². The van der Waals surface area contributed by atoms with Crippen molar-refractivity contribution in [3.8, 4) is 0 Å². The maximum atomic E-state index is 12.5. The summed E-state index contributed by atoms with van der Waals surface area (Å²) in [6.07, 6.45) is 9.15. The molecule has 0 bridgehead atoms. The van der Waals surface area contributed by atoms with Gasteiger partial charge in [-0.2, -0.15) is 0 Å². The molecule has 6 nitrogen and oxygen atoms in total. The minimum atomic E-state index is -0.412. The molecule has 1 saturated carbocycles. The molecule has 0 radical (unpaired) electrons. The normalized spacial score (nSPS) is 20.7. The van der Waals surface area contributed by atoms with Crippen molar-refractivity contribution in [3.05, 3.63) is 16.8 Å². The van der Waals surface area contributed by atoms with E-state index in [-0.39, 0.29) is 18.0 Å². The van der Waals surface area contributed by atoms with Crippen LogP contribution in [0.2, 0.25) is 0 Å². The van der Waals surface area contributed by atoms with Crippen LogP contribution in [0.3, 0.4) is 0 Å². The third-order valence-corrected chi connectivity index (χ3v) is 7.90. The van der Waals surface area contributed by atoms with E-state index < -0.39 is 5.25 Å². The average Bonchev–Trinajstić information content (AvgIpc) is 3.28. The largest absolute Gasteiger partial charge is 0.335 e. The topological polar surface area (TPSA) is 84.0 Å². The van der Waals surface area contributed by atoms with Crippen molar-refractivity contribution in [2.45, 2.75) is 75.1 Å². The van der Waals surface area contributed by atoms with Crippen LogP contribution in [0, 0.1) is 5.92 Å². The van der Waals surface area contributed by atoms with E-state index in [9.17, 15) is 9.59 Å². The first-order valence-corrected chi connectivity index (χ1v) is 11.7. The van der Waals surface area contributed by atoms with Gasteiger partial charge in [0, 0.05) is 16.3 Å². The van der Waals surface area contributed by atoms with E-state index in [2.05, 4.69) is 27.5 Å². The van der Waals surface area contributed by atoms with Crippen LogP contribution < -0.4 is 10.6 Å².